The summed E-state index contributed by atoms with van der Waals surface area (Å²) in [6, 6.07) is 0. The quantitative estimate of drug-likeness (QED) is 0.495. The summed E-state index contributed by atoms with van der Waals surface area (Å²) in [5.41, 5.74) is -1.17. The molecule has 6 nitrogen and oxygen atoms in total. The Kier molecular flexibility index (Phi) is 3.22. The Balaban J connectivity index is 2.05. The molecule has 21 heavy (non-hydrogen) atoms. The van der Waals surface area contributed by atoms with Crippen LogP contribution >= 0.6 is 0 Å². The van der Waals surface area contributed by atoms with Crippen LogP contribution in [0.25, 0.3) is 0 Å². The van der Waals surface area contributed by atoms with Gasteiger partial charge < -0.3 is 25.2 Å². The molecule has 0 amide bonds. The lowest BCUT2D eigenvalue weighted by Gasteiger charge is -2.34. The summed E-state index contributed by atoms with van der Waals surface area (Å²) >= 11 is 0. The highest BCUT2D eigenvalue weighted by Crippen LogP contribution is 2.55. The second-order valence-electron chi connectivity index (χ2n) is 7.32. The van der Waals surface area contributed by atoms with Crippen LogP contribution in [0, 0.1) is 17.3 Å². The van der Waals surface area contributed by atoms with Gasteiger partial charge >= 0.3 is 5.97 Å². The number of ether oxygens (including phenoxy) is 1. The molecule has 2 aliphatic carbocycles. The van der Waals surface area contributed by atoms with E-state index in [0.717, 1.165) is 0 Å². The fourth-order valence-corrected chi connectivity index (χ4v) is 4.34. The molecule has 0 aromatic rings. The fraction of sp³-hybridized carbons (Fsp3) is 0.800. The van der Waals surface area contributed by atoms with Gasteiger partial charge in [0.25, 0.3) is 0 Å². The molecule has 3 aliphatic rings. The van der Waals surface area contributed by atoms with E-state index in [9.17, 15) is 25.2 Å². The lowest BCUT2D eigenvalue weighted by molar-refractivity contribution is -0.154. The predicted octanol–water partition coefficient (Wildman–Crippen LogP) is -0.301. The van der Waals surface area contributed by atoms with Crippen molar-refractivity contribution >= 4 is 5.97 Å². The van der Waals surface area contributed by atoms with Crippen molar-refractivity contribution in [3.8, 4) is 0 Å². The molecule has 0 aromatic heterocycles. The van der Waals surface area contributed by atoms with Gasteiger partial charge in [-0.2, -0.15) is 0 Å². The third-order valence-corrected chi connectivity index (χ3v) is 5.48. The van der Waals surface area contributed by atoms with E-state index in [-0.39, 0.29) is 41.4 Å². The monoisotopic (exact) mass is 298 g/mol. The Labute approximate surface area is 123 Å². The minimum absolute atomic E-state index is 0.0211. The van der Waals surface area contributed by atoms with Gasteiger partial charge in [-0.25, -0.2) is 4.79 Å². The van der Waals surface area contributed by atoms with Gasteiger partial charge in [-0.15, -0.1) is 0 Å². The highest BCUT2D eigenvalue weighted by molar-refractivity contribution is 5.92. The summed E-state index contributed by atoms with van der Waals surface area (Å²) in [4.78, 5) is 11.8. The van der Waals surface area contributed by atoms with Crippen LogP contribution in [-0.2, 0) is 9.53 Å². The van der Waals surface area contributed by atoms with Crippen LogP contribution in [0.4, 0.5) is 0 Å². The first-order chi connectivity index (χ1) is 9.68. The second kappa shape index (κ2) is 4.52. The van der Waals surface area contributed by atoms with E-state index in [1.54, 1.807) is 6.92 Å². The molecule has 0 bridgehead atoms. The maximum Gasteiger partial charge on any atom is 0.336 e. The number of fused-ring (bicyclic) bond motifs is 1. The predicted molar refractivity (Wildman–Crippen MR) is 71.8 cm³/mol. The summed E-state index contributed by atoms with van der Waals surface area (Å²) in [6.07, 6.45) is -1.31. The van der Waals surface area contributed by atoms with Crippen LogP contribution in [0.5, 0.6) is 0 Å². The van der Waals surface area contributed by atoms with Gasteiger partial charge in [-0.3, -0.25) is 0 Å². The smallest absolute Gasteiger partial charge is 0.336 e. The molecule has 118 valence electrons. The average Bonchev–Trinajstić information content (AvgIpc) is 2.86. The van der Waals surface area contributed by atoms with Gasteiger partial charge in [-0.05, 0) is 37.0 Å². The van der Waals surface area contributed by atoms with Gasteiger partial charge in [0.1, 0.15) is 0 Å². The first kappa shape index (κ1) is 15.0. The Hall–Kier alpha value is -0.950. The molecule has 0 saturated heterocycles. The van der Waals surface area contributed by atoms with Crippen LogP contribution in [0.3, 0.4) is 0 Å². The zero-order chi connectivity index (χ0) is 15.6. The zero-order valence-electron chi connectivity index (χ0n) is 12.2. The Morgan fingerprint density at radius 3 is 2.57 bits per heavy atom. The number of carbonyl (C=O) groups excluding carboxylic acids is 1. The van der Waals surface area contributed by atoms with Crippen LogP contribution in [0.1, 0.15) is 33.1 Å². The molecule has 6 atom stereocenters. The van der Waals surface area contributed by atoms with E-state index in [1.165, 1.54) is 0 Å². The highest BCUT2D eigenvalue weighted by atomic mass is 16.6. The van der Waals surface area contributed by atoms with Crippen molar-refractivity contribution in [1.82, 2.24) is 0 Å². The number of hydrogen-bond acceptors (Lipinski definition) is 6. The molecule has 1 unspecified atom stereocenters. The number of carbonyl (C=O) groups is 1. The molecule has 1 saturated carbocycles. The number of hydrogen-bond donors (Lipinski definition) is 4. The normalized spacial score (nSPS) is 49.7. The molecule has 1 heterocycles. The molecule has 1 fully saturated rings. The first-order valence-corrected chi connectivity index (χ1v) is 7.32. The van der Waals surface area contributed by atoms with Crippen molar-refractivity contribution in [1.29, 1.82) is 0 Å². The van der Waals surface area contributed by atoms with Crippen molar-refractivity contribution in [2.45, 2.75) is 51.1 Å². The van der Waals surface area contributed by atoms with Crippen molar-refractivity contribution in [3.05, 3.63) is 11.1 Å². The fourth-order valence-electron chi connectivity index (χ4n) is 4.34. The molecule has 3 rings (SSSR count). The summed E-state index contributed by atoms with van der Waals surface area (Å²) < 4.78 is 4.78. The van der Waals surface area contributed by atoms with Crippen molar-refractivity contribution in [3.63, 3.8) is 0 Å². The molecular formula is C15H22O6. The Morgan fingerprint density at radius 2 is 1.95 bits per heavy atom. The molecule has 6 heteroatoms. The lowest BCUT2D eigenvalue weighted by atomic mass is 9.77. The number of aliphatic hydroxyl groups excluding tert-OH is 3. The number of rotatable bonds is 1. The summed E-state index contributed by atoms with van der Waals surface area (Å²) in [5.74, 6) is -1.22. The van der Waals surface area contributed by atoms with Gasteiger partial charge in [0, 0.05) is 24.2 Å². The van der Waals surface area contributed by atoms with E-state index in [0.29, 0.717) is 12.8 Å². The van der Waals surface area contributed by atoms with E-state index in [1.807, 2.05) is 6.92 Å². The number of esters is 1. The second-order valence-corrected chi connectivity index (χ2v) is 7.32. The largest absolute Gasteiger partial charge is 0.428 e. The van der Waals surface area contributed by atoms with Crippen molar-refractivity contribution < 1.29 is 30.0 Å². The summed E-state index contributed by atoms with van der Waals surface area (Å²) in [5, 5.41) is 40.9. The standard InChI is InChI=1S/C15H22O6/c1-14(6-16)3-7-9(5-14)15(2,20)4-8-10(11(7)17)13(19)21-12(8)18/h7,9,11,13,16-17,19-20H,3-6H2,1-2H3/t7-,9+,11+,13?,14-,15+/m1/s1. The first-order valence-electron chi connectivity index (χ1n) is 7.32. The van der Waals surface area contributed by atoms with E-state index in [4.69, 9.17) is 4.74 Å². The number of aliphatic hydroxyl groups is 4. The molecule has 1 aliphatic heterocycles. The zero-order valence-corrected chi connectivity index (χ0v) is 12.2. The van der Waals surface area contributed by atoms with Crippen LogP contribution in [-0.4, -0.2) is 51.0 Å². The van der Waals surface area contributed by atoms with E-state index < -0.39 is 24.0 Å². The topological polar surface area (TPSA) is 107 Å². The highest BCUT2D eigenvalue weighted by Gasteiger charge is 2.57. The maximum atomic E-state index is 11.8. The SMILES string of the molecule is C[C@@]1(CO)C[C@H]2[C@H](O)C3=C(C[C@](C)(O)[C@H]2C1)C(=O)OC3O. The molecular weight excluding hydrogens is 276 g/mol. The van der Waals surface area contributed by atoms with Crippen LogP contribution in [0.2, 0.25) is 0 Å². The van der Waals surface area contributed by atoms with Gasteiger partial charge in [0.15, 0.2) is 0 Å². The maximum absolute atomic E-state index is 11.8. The molecule has 0 spiro atoms. The third kappa shape index (κ3) is 2.12. The van der Waals surface area contributed by atoms with Crippen molar-refractivity contribution in [2.75, 3.05) is 6.61 Å². The summed E-state index contributed by atoms with van der Waals surface area (Å²) in [6.45, 7) is 3.55. The minimum Gasteiger partial charge on any atom is -0.428 e. The van der Waals surface area contributed by atoms with Gasteiger partial charge in [0.05, 0.1) is 11.7 Å². The lowest BCUT2D eigenvalue weighted by Crippen LogP contribution is -2.40. The van der Waals surface area contributed by atoms with Gasteiger partial charge in [0.2, 0.25) is 6.29 Å². The molecule has 4 N–H and O–H groups in total. The molecule has 0 radical (unpaired) electrons. The minimum atomic E-state index is -1.43. The van der Waals surface area contributed by atoms with Crippen molar-refractivity contribution in [2.24, 2.45) is 17.3 Å². The van der Waals surface area contributed by atoms with Gasteiger partial charge in [-0.1, -0.05) is 6.92 Å². The average molecular weight is 298 g/mol. The van der Waals surface area contributed by atoms with Crippen LogP contribution in [0.15, 0.2) is 11.1 Å². The third-order valence-electron chi connectivity index (χ3n) is 5.48. The molecule has 0 aromatic carbocycles. The summed E-state index contributed by atoms with van der Waals surface area (Å²) in [7, 11) is 0. The van der Waals surface area contributed by atoms with E-state index >= 15 is 0 Å². The Morgan fingerprint density at radius 1 is 1.29 bits per heavy atom. The number of cyclic esters (lactones) is 1. The van der Waals surface area contributed by atoms with E-state index in [2.05, 4.69) is 0 Å². The van der Waals surface area contributed by atoms with Crippen LogP contribution < -0.4 is 0 Å². The Bertz CT molecular complexity index is 510.